The Balaban J connectivity index is 2.17. The predicted octanol–water partition coefficient (Wildman–Crippen LogP) is 4.52. The van der Waals surface area contributed by atoms with E-state index in [1.54, 1.807) is 4.90 Å². The van der Waals surface area contributed by atoms with Gasteiger partial charge in [0.2, 0.25) is 0 Å². The highest BCUT2D eigenvalue weighted by atomic mass is 32.2. The van der Waals surface area contributed by atoms with E-state index in [1.807, 2.05) is 34.6 Å². The van der Waals surface area contributed by atoms with E-state index in [0.29, 0.717) is 11.7 Å². The predicted molar refractivity (Wildman–Crippen MR) is 107 cm³/mol. The Morgan fingerprint density at radius 1 is 1.22 bits per heavy atom. The second kappa shape index (κ2) is 9.03. The van der Waals surface area contributed by atoms with E-state index in [2.05, 4.69) is 0 Å². The van der Waals surface area contributed by atoms with Crippen molar-refractivity contribution in [3.63, 3.8) is 0 Å². The van der Waals surface area contributed by atoms with Crippen LogP contribution in [0.1, 0.15) is 73.1 Å². The summed E-state index contributed by atoms with van der Waals surface area (Å²) in [5.41, 5.74) is -1.34. The number of carboxylic acid groups (broad SMARTS) is 1. The van der Waals surface area contributed by atoms with Gasteiger partial charge in [-0.1, -0.05) is 32.1 Å². The molecule has 6 nitrogen and oxygen atoms in total. The molecule has 0 radical (unpaired) electrons. The van der Waals surface area contributed by atoms with Crippen LogP contribution in [-0.4, -0.2) is 57.0 Å². The first-order valence-electron chi connectivity index (χ1n) is 9.99. The standard InChI is InChI=1S/C20H35NO5S/c1-19(2,3)26-18(24)21-15(11-14-9-7-6-8-10-14)16(25-20(21,4)5)12-27-13-17(22)23/h14-16H,6-13H2,1-5H3,(H,22,23). The van der Waals surface area contributed by atoms with Crippen LogP contribution in [0.3, 0.4) is 0 Å². The summed E-state index contributed by atoms with van der Waals surface area (Å²) in [6.07, 6.45) is 6.51. The molecule has 0 spiro atoms. The monoisotopic (exact) mass is 401 g/mol. The van der Waals surface area contributed by atoms with E-state index < -0.39 is 17.3 Å². The van der Waals surface area contributed by atoms with Gasteiger partial charge >= 0.3 is 12.1 Å². The summed E-state index contributed by atoms with van der Waals surface area (Å²) in [7, 11) is 0. The van der Waals surface area contributed by atoms with Crippen LogP contribution in [0.2, 0.25) is 0 Å². The van der Waals surface area contributed by atoms with Gasteiger partial charge in [-0.15, -0.1) is 11.8 Å². The lowest BCUT2D eigenvalue weighted by Crippen LogP contribution is -2.51. The van der Waals surface area contributed by atoms with Crippen LogP contribution in [0.5, 0.6) is 0 Å². The fourth-order valence-electron chi connectivity index (χ4n) is 4.17. The molecule has 1 aliphatic carbocycles. The van der Waals surface area contributed by atoms with Crippen LogP contribution in [0.25, 0.3) is 0 Å². The van der Waals surface area contributed by atoms with Gasteiger partial charge in [0.05, 0.1) is 17.9 Å². The number of hydrogen-bond acceptors (Lipinski definition) is 5. The molecule has 1 N–H and O–H groups in total. The third-order valence-electron chi connectivity index (χ3n) is 5.18. The van der Waals surface area contributed by atoms with Crippen LogP contribution >= 0.6 is 11.8 Å². The maximum atomic E-state index is 13.0. The van der Waals surface area contributed by atoms with Crippen molar-refractivity contribution in [3.05, 3.63) is 0 Å². The minimum Gasteiger partial charge on any atom is -0.481 e. The number of nitrogens with zero attached hydrogens (tertiary/aromatic N) is 1. The number of thioether (sulfide) groups is 1. The summed E-state index contributed by atoms with van der Waals surface area (Å²) in [6, 6.07) is -0.0840. The van der Waals surface area contributed by atoms with E-state index in [4.69, 9.17) is 14.6 Å². The number of aliphatic carboxylic acids is 1. The first kappa shape index (κ1) is 22.3. The molecular formula is C20H35NO5S. The summed E-state index contributed by atoms with van der Waals surface area (Å²) in [5.74, 6) is 0.359. The minimum absolute atomic E-state index is 0.0445. The molecular weight excluding hydrogens is 366 g/mol. The summed E-state index contributed by atoms with van der Waals surface area (Å²) in [6.45, 7) is 9.39. The van der Waals surface area contributed by atoms with Gasteiger partial charge in [0.15, 0.2) is 0 Å². The molecule has 2 atom stereocenters. The Hall–Kier alpha value is -0.950. The van der Waals surface area contributed by atoms with Crippen molar-refractivity contribution in [2.24, 2.45) is 5.92 Å². The molecule has 2 aliphatic rings. The fraction of sp³-hybridized carbons (Fsp3) is 0.900. The highest BCUT2D eigenvalue weighted by Crippen LogP contribution is 2.40. The molecule has 1 saturated heterocycles. The van der Waals surface area contributed by atoms with Crippen molar-refractivity contribution in [1.29, 1.82) is 0 Å². The number of amides is 1. The number of carbonyl (C=O) groups excluding carboxylic acids is 1. The first-order valence-corrected chi connectivity index (χ1v) is 11.1. The first-order chi connectivity index (χ1) is 12.5. The molecule has 1 heterocycles. The molecule has 0 aromatic heterocycles. The van der Waals surface area contributed by atoms with Crippen LogP contribution in [0.4, 0.5) is 4.79 Å². The molecule has 2 unspecified atom stereocenters. The zero-order valence-electron chi connectivity index (χ0n) is 17.3. The zero-order valence-corrected chi connectivity index (χ0v) is 18.1. The zero-order chi connectivity index (χ0) is 20.2. The number of hydrogen-bond donors (Lipinski definition) is 1. The lowest BCUT2D eigenvalue weighted by molar-refractivity contribution is -0.133. The molecule has 2 fully saturated rings. The lowest BCUT2D eigenvalue weighted by Gasteiger charge is -2.36. The SMILES string of the molecule is CC(C)(C)OC(=O)N1C(CC2CCCCC2)C(CSCC(=O)O)OC1(C)C. The largest absolute Gasteiger partial charge is 0.481 e. The van der Waals surface area contributed by atoms with E-state index in [9.17, 15) is 9.59 Å². The average Bonchev–Trinajstić information content (AvgIpc) is 2.76. The Morgan fingerprint density at radius 3 is 2.41 bits per heavy atom. The van der Waals surface area contributed by atoms with Gasteiger partial charge in [-0.25, -0.2) is 4.79 Å². The van der Waals surface area contributed by atoms with Crippen molar-refractivity contribution in [1.82, 2.24) is 4.90 Å². The van der Waals surface area contributed by atoms with Crippen LogP contribution < -0.4 is 0 Å². The van der Waals surface area contributed by atoms with Crippen LogP contribution in [0.15, 0.2) is 0 Å². The smallest absolute Gasteiger partial charge is 0.412 e. The molecule has 156 valence electrons. The van der Waals surface area contributed by atoms with Crippen molar-refractivity contribution < 1.29 is 24.2 Å². The van der Waals surface area contributed by atoms with Gasteiger partial charge in [-0.3, -0.25) is 9.69 Å². The average molecular weight is 402 g/mol. The molecule has 1 aliphatic heterocycles. The van der Waals surface area contributed by atoms with Gasteiger partial charge in [-0.05, 0) is 47.0 Å². The van der Waals surface area contributed by atoms with Crippen LogP contribution in [-0.2, 0) is 14.3 Å². The fourth-order valence-corrected chi connectivity index (χ4v) is 4.98. The van der Waals surface area contributed by atoms with Gasteiger partial charge < -0.3 is 14.6 Å². The van der Waals surface area contributed by atoms with Crippen molar-refractivity contribution in [2.45, 2.75) is 96.6 Å². The highest BCUT2D eigenvalue weighted by Gasteiger charge is 2.51. The number of carboxylic acids is 1. The number of rotatable bonds is 6. The maximum absolute atomic E-state index is 13.0. The van der Waals surface area contributed by atoms with Gasteiger partial charge in [0, 0.05) is 5.75 Å². The number of ether oxygens (including phenoxy) is 2. The molecule has 0 aromatic rings. The molecule has 27 heavy (non-hydrogen) atoms. The Kier molecular flexibility index (Phi) is 7.47. The maximum Gasteiger partial charge on any atom is 0.412 e. The number of carbonyl (C=O) groups is 2. The molecule has 1 amide bonds. The molecule has 7 heteroatoms. The van der Waals surface area contributed by atoms with Crippen molar-refractivity contribution in [2.75, 3.05) is 11.5 Å². The summed E-state index contributed by atoms with van der Waals surface area (Å²) < 4.78 is 11.9. The molecule has 0 aromatic carbocycles. The van der Waals surface area contributed by atoms with Gasteiger partial charge in [-0.2, -0.15) is 0 Å². The third-order valence-corrected chi connectivity index (χ3v) is 6.19. The third kappa shape index (κ3) is 6.56. The Morgan fingerprint density at radius 2 is 1.85 bits per heavy atom. The van der Waals surface area contributed by atoms with Gasteiger partial charge in [0.25, 0.3) is 0 Å². The summed E-state index contributed by atoms with van der Waals surface area (Å²) in [5, 5.41) is 8.94. The molecule has 2 rings (SSSR count). The highest BCUT2D eigenvalue weighted by molar-refractivity contribution is 7.99. The minimum atomic E-state index is -0.829. The topological polar surface area (TPSA) is 76.1 Å². The van der Waals surface area contributed by atoms with E-state index >= 15 is 0 Å². The van der Waals surface area contributed by atoms with Gasteiger partial charge in [0.1, 0.15) is 11.3 Å². The van der Waals surface area contributed by atoms with E-state index in [-0.39, 0.29) is 24.0 Å². The van der Waals surface area contributed by atoms with Crippen molar-refractivity contribution in [3.8, 4) is 0 Å². The Labute approximate surface area is 167 Å². The molecule has 1 saturated carbocycles. The Bertz CT molecular complexity index is 525. The van der Waals surface area contributed by atoms with Crippen molar-refractivity contribution >= 4 is 23.8 Å². The van der Waals surface area contributed by atoms with Crippen LogP contribution in [0, 0.1) is 5.92 Å². The second-order valence-corrected chi connectivity index (χ2v) is 10.2. The summed E-state index contributed by atoms with van der Waals surface area (Å²) >= 11 is 1.35. The lowest BCUT2D eigenvalue weighted by atomic mass is 9.83. The molecule has 0 bridgehead atoms. The van der Waals surface area contributed by atoms with E-state index in [1.165, 1.54) is 43.9 Å². The quantitative estimate of drug-likeness (QED) is 0.705. The van der Waals surface area contributed by atoms with E-state index in [0.717, 1.165) is 6.42 Å². The normalized spacial score (nSPS) is 26.2. The second-order valence-electron chi connectivity index (χ2n) is 9.17. The summed E-state index contributed by atoms with van der Waals surface area (Å²) in [4.78, 5) is 25.6.